The second-order valence-corrected chi connectivity index (χ2v) is 11.9. The van der Waals surface area contributed by atoms with Crippen LogP contribution in [0.1, 0.15) is 108 Å². The maximum absolute atomic E-state index is 14.1. The van der Waals surface area contributed by atoms with E-state index in [1.807, 2.05) is 0 Å². The van der Waals surface area contributed by atoms with Gasteiger partial charge in [-0.1, -0.05) is 93.8 Å². The molecule has 2 aromatic rings. The second kappa shape index (κ2) is 15.9. The third kappa shape index (κ3) is 9.25. The molecule has 0 unspecified atom stereocenters. The van der Waals surface area contributed by atoms with Crippen molar-refractivity contribution in [2.75, 3.05) is 13.1 Å². The molecule has 1 aliphatic carbocycles. The molecular formula is C36H50N2O. The van der Waals surface area contributed by atoms with Gasteiger partial charge in [0.15, 0.2) is 0 Å². The maximum Gasteiger partial charge on any atom is 0.226 e. The van der Waals surface area contributed by atoms with Crippen molar-refractivity contribution in [3.05, 3.63) is 71.3 Å². The first kappa shape index (κ1) is 29.4. The van der Waals surface area contributed by atoms with E-state index in [-0.39, 0.29) is 5.92 Å². The molecule has 2 fully saturated rings. The fourth-order valence-electron chi connectivity index (χ4n) is 6.41. The largest absolute Gasteiger partial charge is 0.335 e. The van der Waals surface area contributed by atoms with Crippen molar-refractivity contribution in [3.8, 4) is 11.8 Å². The van der Waals surface area contributed by atoms with E-state index < -0.39 is 0 Å². The van der Waals surface area contributed by atoms with E-state index in [2.05, 4.69) is 90.1 Å². The van der Waals surface area contributed by atoms with Gasteiger partial charge >= 0.3 is 0 Å². The molecular weight excluding hydrogens is 476 g/mol. The van der Waals surface area contributed by atoms with Gasteiger partial charge in [0, 0.05) is 50.1 Å². The molecule has 0 radical (unpaired) electrons. The Morgan fingerprint density at radius 2 is 1.56 bits per heavy atom. The van der Waals surface area contributed by atoms with Crippen molar-refractivity contribution in [1.82, 2.24) is 9.80 Å². The molecule has 0 spiro atoms. The summed E-state index contributed by atoms with van der Waals surface area (Å²) in [5.74, 6) is 7.97. The van der Waals surface area contributed by atoms with Crippen LogP contribution in [-0.4, -0.2) is 34.8 Å². The Morgan fingerprint density at radius 3 is 2.23 bits per heavy atom. The summed E-state index contributed by atoms with van der Waals surface area (Å²) < 4.78 is 0. The minimum absolute atomic E-state index is 0.203. The van der Waals surface area contributed by atoms with Crippen molar-refractivity contribution in [2.24, 2.45) is 11.8 Å². The van der Waals surface area contributed by atoms with Crippen LogP contribution in [-0.2, 0) is 17.9 Å². The highest BCUT2D eigenvalue weighted by atomic mass is 16.2. The lowest BCUT2D eigenvalue weighted by molar-refractivity contribution is -0.141. The lowest BCUT2D eigenvalue weighted by Crippen LogP contribution is -2.49. The monoisotopic (exact) mass is 526 g/mol. The van der Waals surface area contributed by atoms with Gasteiger partial charge in [-0.15, -0.1) is 0 Å². The first-order chi connectivity index (χ1) is 19.2. The fourth-order valence-corrected chi connectivity index (χ4v) is 6.41. The minimum Gasteiger partial charge on any atom is -0.335 e. The van der Waals surface area contributed by atoms with Crippen LogP contribution in [0.5, 0.6) is 0 Å². The number of carbonyl (C=O) groups excluding carboxylic acids is 1. The van der Waals surface area contributed by atoms with E-state index in [1.54, 1.807) is 0 Å². The topological polar surface area (TPSA) is 23.6 Å². The molecule has 0 bridgehead atoms. The number of rotatable bonds is 11. The highest BCUT2D eigenvalue weighted by molar-refractivity contribution is 5.79. The maximum atomic E-state index is 14.1. The molecule has 2 aromatic carbocycles. The van der Waals surface area contributed by atoms with Gasteiger partial charge in [0.2, 0.25) is 5.91 Å². The van der Waals surface area contributed by atoms with Crippen molar-refractivity contribution < 1.29 is 4.79 Å². The van der Waals surface area contributed by atoms with Gasteiger partial charge in [0.25, 0.3) is 0 Å². The van der Waals surface area contributed by atoms with Crippen LogP contribution in [0.4, 0.5) is 0 Å². The summed E-state index contributed by atoms with van der Waals surface area (Å²) in [6, 6.07) is 19.7. The van der Waals surface area contributed by atoms with Crippen LogP contribution < -0.4 is 0 Å². The second-order valence-electron chi connectivity index (χ2n) is 11.9. The van der Waals surface area contributed by atoms with Crippen molar-refractivity contribution in [3.63, 3.8) is 0 Å². The predicted octanol–water partition coefficient (Wildman–Crippen LogP) is 8.22. The smallest absolute Gasteiger partial charge is 0.226 e. The molecule has 0 atom stereocenters. The van der Waals surface area contributed by atoms with Gasteiger partial charge in [0.1, 0.15) is 0 Å². The van der Waals surface area contributed by atoms with Gasteiger partial charge in [-0.25, -0.2) is 0 Å². The molecule has 2 aliphatic rings. The number of likely N-dealkylation sites (tertiary alicyclic amines) is 1. The van der Waals surface area contributed by atoms with Crippen molar-refractivity contribution in [2.45, 2.75) is 110 Å². The Labute approximate surface area is 238 Å². The molecule has 39 heavy (non-hydrogen) atoms. The Kier molecular flexibility index (Phi) is 12.0. The lowest BCUT2D eigenvalue weighted by Gasteiger charge is -2.41. The zero-order valence-electron chi connectivity index (χ0n) is 24.5. The number of hydrogen-bond donors (Lipinski definition) is 0. The highest BCUT2D eigenvalue weighted by Crippen LogP contribution is 2.34. The van der Waals surface area contributed by atoms with E-state index in [9.17, 15) is 4.79 Å². The van der Waals surface area contributed by atoms with Crippen molar-refractivity contribution in [1.29, 1.82) is 0 Å². The average molecular weight is 527 g/mol. The minimum atomic E-state index is 0.203. The zero-order chi connectivity index (χ0) is 27.3. The third-order valence-corrected chi connectivity index (χ3v) is 8.86. The average Bonchev–Trinajstić information content (AvgIpc) is 2.98. The van der Waals surface area contributed by atoms with Crippen molar-refractivity contribution >= 4 is 5.91 Å². The number of unbranched alkanes of at least 4 members (excludes halogenated alkanes) is 3. The van der Waals surface area contributed by atoms with Gasteiger partial charge in [0.05, 0.1) is 0 Å². The van der Waals surface area contributed by atoms with Crippen LogP contribution >= 0.6 is 0 Å². The van der Waals surface area contributed by atoms with Crippen LogP contribution in [0.25, 0.3) is 0 Å². The van der Waals surface area contributed by atoms with Crippen LogP contribution in [0.15, 0.2) is 54.6 Å². The molecule has 1 aliphatic heterocycles. The molecule has 1 amide bonds. The van der Waals surface area contributed by atoms with Gasteiger partial charge in [-0.3, -0.25) is 9.69 Å². The molecule has 0 N–H and O–H groups in total. The Morgan fingerprint density at radius 1 is 0.846 bits per heavy atom. The molecule has 1 saturated heterocycles. The summed E-state index contributed by atoms with van der Waals surface area (Å²) in [7, 11) is 0. The first-order valence-electron chi connectivity index (χ1n) is 15.8. The molecule has 0 aromatic heterocycles. The van der Waals surface area contributed by atoms with Gasteiger partial charge in [-0.05, 0) is 74.1 Å². The number of hydrogen-bond acceptors (Lipinski definition) is 2. The Balaban J connectivity index is 1.39. The summed E-state index contributed by atoms with van der Waals surface area (Å²) in [6.07, 6.45) is 14.1. The number of carbonyl (C=O) groups is 1. The van der Waals surface area contributed by atoms with Crippen LogP contribution in [0.2, 0.25) is 0 Å². The summed E-state index contributed by atoms with van der Waals surface area (Å²) in [5, 5.41) is 0. The van der Waals surface area contributed by atoms with E-state index in [1.165, 1.54) is 49.7 Å². The standard InChI is InChI=1S/C36H50N2O/c1-3-5-8-12-30-16-18-33(19-17-30)29-38(36(39)34-22-20-31(21-23-34)13-9-6-4-2)35-24-26-37(27-25-35)28-32-14-10-7-11-15-32/h7,10-11,14-19,31,34-35H,3-6,9,13,20-29H2,1-2H3/t31-,34-. The predicted molar refractivity (Wildman–Crippen MR) is 163 cm³/mol. The normalized spacial score (nSPS) is 20.3. The van der Waals surface area contributed by atoms with E-state index in [0.29, 0.717) is 11.9 Å². The molecule has 1 saturated carbocycles. The number of nitrogens with zero attached hydrogens (tertiary/aromatic N) is 2. The highest BCUT2D eigenvalue weighted by Gasteiger charge is 2.34. The Hall–Kier alpha value is -2.57. The van der Waals surface area contributed by atoms with Crippen LogP contribution in [0.3, 0.4) is 0 Å². The zero-order valence-corrected chi connectivity index (χ0v) is 24.5. The summed E-state index contributed by atoms with van der Waals surface area (Å²) in [5.41, 5.74) is 3.67. The fraction of sp³-hybridized carbons (Fsp3) is 0.583. The molecule has 3 nitrogen and oxygen atoms in total. The lowest BCUT2D eigenvalue weighted by atomic mass is 9.79. The summed E-state index contributed by atoms with van der Waals surface area (Å²) in [4.78, 5) is 18.9. The van der Waals surface area contributed by atoms with E-state index in [0.717, 1.165) is 76.2 Å². The Bertz CT molecular complexity index is 1030. The number of piperidine rings is 1. The molecule has 4 rings (SSSR count). The number of benzene rings is 2. The summed E-state index contributed by atoms with van der Waals surface area (Å²) in [6.45, 7) is 8.28. The molecule has 3 heteroatoms. The molecule has 1 heterocycles. The van der Waals surface area contributed by atoms with E-state index >= 15 is 0 Å². The third-order valence-electron chi connectivity index (χ3n) is 8.86. The SMILES string of the molecule is CCCC#Cc1ccc(CN(C(=O)[C@H]2CC[C@H](CCCCC)CC2)C2CCN(Cc3ccccc3)CC2)cc1. The first-order valence-corrected chi connectivity index (χ1v) is 15.8. The van der Waals surface area contributed by atoms with Gasteiger partial charge in [-0.2, -0.15) is 0 Å². The van der Waals surface area contributed by atoms with Gasteiger partial charge < -0.3 is 4.90 Å². The summed E-state index contributed by atoms with van der Waals surface area (Å²) >= 11 is 0. The van der Waals surface area contributed by atoms with E-state index in [4.69, 9.17) is 0 Å². The quantitative estimate of drug-likeness (QED) is 0.217. The number of amides is 1. The molecule has 210 valence electrons. The van der Waals surface area contributed by atoms with Crippen LogP contribution in [0, 0.1) is 23.7 Å².